The summed E-state index contributed by atoms with van der Waals surface area (Å²) in [6.45, 7) is 4.89. The second-order valence-corrected chi connectivity index (χ2v) is 5.59. The molecule has 0 fully saturated rings. The largest absolute Gasteiger partial charge is 0.497 e. The second-order valence-electron chi connectivity index (χ2n) is 5.59. The van der Waals surface area contributed by atoms with Gasteiger partial charge in [-0.3, -0.25) is 4.79 Å². The number of amides is 1. The molecule has 6 heteroatoms. The van der Waals surface area contributed by atoms with Crippen LogP contribution in [0.5, 0.6) is 5.75 Å². The number of hydrogen-bond acceptors (Lipinski definition) is 5. The minimum Gasteiger partial charge on any atom is -0.497 e. The third-order valence-electron chi connectivity index (χ3n) is 3.27. The molecule has 1 aromatic heterocycles. The first-order valence-electron chi connectivity index (χ1n) is 7.60. The van der Waals surface area contributed by atoms with Crippen molar-refractivity contribution in [2.24, 2.45) is 5.92 Å². The Balaban J connectivity index is 1.91. The number of hydrogen-bond donors (Lipinski definition) is 2. The van der Waals surface area contributed by atoms with Crippen LogP contribution >= 0.6 is 0 Å². The van der Waals surface area contributed by atoms with Crippen LogP contribution in [0.1, 0.15) is 30.6 Å². The molecule has 0 atom stereocenters. The van der Waals surface area contributed by atoms with Crippen molar-refractivity contribution in [1.29, 1.82) is 0 Å². The fraction of sp³-hybridized carbons (Fsp3) is 0.353. The van der Waals surface area contributed by atoms with Gasteiger partial charge in [0.15, 0.2) is 0 Å². The summed E-state index contributed by atoms with van der Waals surface area (Å²) in [6, 6.07) is 7.43. The summed E-state index contributed by atoms with van der Waals surface area (Å²) >= 11 is 0. The number of aromatic nitrogens is 2. The van der Waals surface area contributed by atoms with Gasteiger partial charge in [0, 0.05) is 24.6 Å². The quantitative estimate of drug-likeness (QED) is 0.821. The maximum atomic E-state index is 11.9. The Morgan fingerprint density at radius 1 is 1.17 bits per heavy atom. The molecule has 6 nitrogen and oxygen atoms in total. The molecule has 0 saturated heterocycles. The maximum absolute atomic E-state index is 11.9. The fourth-order valence-electron chi connectivity index (χ4n) is 1.89. The van der Waals surface area contributed by atoms with Gasteiger partial charge >= 0.3 is 0 Å². The highest BCUT2D eigenvalue weighted by molar-refractivity contribution is 5.93. The Morgan fingerprint density at radius 3 is 2.39 bits per heavy atom. The minimum absolute atomic E-state index is 0.151. The molecule has 2 N–H and O–H groups in total. The van der Waals surface area contributed by atoms with Crippen molar-refractivity contribution in [2.75, 3.05) is 19.0 Å². The van der Waals surface area contributed by atoms with E-state index < -0.39 is 0 Å². The maximum Gasteiger partial charge on any atom is 0.254 e. The first-order valence-corrected chi connectivity index (χ1v) is 7.60. The van der Waals surface area contributed by atoms with E-state index in [1.54, 1.807) is 7.11 Å². The van der Waals surface area contributed by atoms with E-state index in [0.717, 1.165) is 17.9 Å². The van der Waals surface area contributed by atoms with Crippen molar-refractivity contribution in [3.05, 3.63) is 42.2 Å². The average Bonchev–Trinajstić information content (AvgIpc) is 2.56. The molecule has 0 radical (unpaired) electrons. The Kier molecular flexibility index (Phi) is 5.91. The number of methoxy groups -OCH3 is 1. The zero-order valence-electron chi connectivity index (χ0n) is 13.7. The molecule has 122 valence electrons. The summed E-state index contributed by atoms with van der Waals surface area (Å²) < 4.78 is 5.10. The van der Waals surface area contributed by atoms with E-state index in [4.69, 9.17) is 4.74 Å². The van der Waals surface area contributed by atoms with Crippen LogP contribution in [-0.2, 0) is 0 Å². The fourth-order valence-corrected chi connectivity index (χ4v) is 1.89. The lowest BCUT2D eigenvalue weighted by molar-refractivity contribution is 0.0951. The lowest BCUT2D eigenvalue weighted by Gasteiger charge is -2.08. The third kappa shape index (κ3) is 5.25. The van der Waals surface area contributed by atoms with Gasteiger partial charge in [-0.15, -0.1) is 0 Å². The van der Waals surface area contributed by atoms with Crippen LogP contribution < -0.4 is 15.4 Å². The molecule has 0 saturated carbocycles. The standard InChI is InChI=1S/C17H22N4O2/c1-12(2)8-9-18-16(22)13-10-19-17(20-11-13)21-14-4-6-15(23-3)7-5-14/h4-7,10-12H,8-9H2,1-3H3,(H,18,22)(H,19,20,21). The molecule has 0 bridgehead atoms. The highest BCUT2D eigenvalue weighted by Gasteiger charge is 2.07. The average molecular weight is 314 g/mol. The summed E-state index contributed by atoms with van der Waals surface area (Å²) in [6.07, 6.45) is 3.98. The van der Waals surface area contributed by atoms with Crippen LogP contribution in [0.4, 0.5) is 11.6 Å². The predicted molar refractivity (Wildman–Crippen MR) is 90.1 cm³/mol. The van der Waals surface area contributed by atoms with Gasteiger partial charge in [-0.05, 0) is 36.6 Å². The van der Waals surface area contributed by atoms with Crippen LogP contribution in [-0.4, -0.2) is 29.5 Å². The molecule has 2 aromatic rings. The van der Waals surface area contributed by atoms with Crippen LogP contribution in [0, 0.1) is 5.92 Å². The molecule has 23 heavy (non-hydrogen) atoms. The smallest absolute Gasteiger partial charge is 0.254 e. The molecule has 0 aliphatic carbocycles. The van der Waals surface area contributed by atoms with Crippen LogP contribution in [0.3, 0.4) is 0 Å². The Hall–Kier alpha value is -2.63. The number of benzene rings is 1. The zero-order valence-corrected chi connectivity index (χ0v) is 13.7. The van der Waals surface area contributed by atoms with Crippen LogP contribution in [0.15, 0.2) is 36.7 Å². The van der Waals surface area contributed by atoms with E-state index in [9.17, 15) is 4.79 Å². The highest BCUT2D eigenvalue weighted by Crippen LogP contribution is 2.17. The summed E-state index contributed by atoms with van der Waals surface area (Å²) in [5, 5.41) is 5.93. The van der Waals surface area contributed by atoms with E-state index in [2.05, 4.69) is 34.4 Å². The van der Waals surface area contributed by atoms with Gasteiger partial charge in [0.05, 0.1) is 12.7 Å². The van der Waals surface area contributed by atoms with Crippen molar-refractivity contribution in [2.45, 2.75) is 20.3 Å². The Bertz CT molecular complexity index is 624. The van der Waals surface area contributed by atoms with Gasteiger partial charge in [-0.25, -0.2) is 9.97 Å². The summed E-state index contributed by atoms with van der Waals surface area (Å²) in [5.41, 5.74) is 1.30. The number of ether oxygens (including phenoxy) is 1. The summed E-state index contributed by atoms with van der Waals surface area (Å²) in [5.74, 6) is 1.63. The summed E-state index contributed by atoms with van der Waals surface area (Å²) in [4.78, 5) is 20.3. The van der Waals surface area contributed by atoms with E-state index in [1.807, 2.05) is 24.3 Å². The first-order chi connectivity index (χ1) is 11.1. The molecule has 1 heterocycles. The second kappa shape index (κ2) is 8.12. The SMILES string of the molecule is COc1ccc(Nc2ncc(C(=O)NCCC(C)C)cn2)cc1. The molecule has 0 aliphatic rings. The van der Waals surface area contributed by atoms with Gasteiger partial charge < -0.3 is 15.4 Å². The lowest BCUT2D eigenvalue weighted by atomic mass is 10.1. The molecule has 0 spiro atoms. The van der Waals surface area contributed by atoms with Crippen molar-refractivity contribution in [3.8, 4) is 5.75 Å². The minimum atomic E-state index is -0.151. The van der Waals surface area contributed by atoms with E-state index in [-0.39, 0.29) is 5.91 Å². The number of nitrogens with zero attached hydrogens (tertiary/aromatic N) is 2. The van der Waals surface area contributed by atoms with Crippen LogP contribution in [0.2, 0.25) is 0 Å². The zero-order chi connectivity index (χ0) is 16.7. The molecule has 0 aliphatic heterocycles. The van der Waals surface area contributed by atoms with Gasteiger partial charge in [0.2, 0.25) is 5.95 Å². The predicted octanol–water partition coefficient (Wildman–Crippen LogP) is 3.00. The van der Waals surface area contributed by atoms with Gasteiger partial charge in [0.25, 0.3) is 5.91 Å². The van der Waals surface area contributed by atoms with E-state index >= 15 is 0 Å². The molecule has 1 amide bonds. The first kappa shape index (κ1) is 16.7. The topological polar surface area (TPSA) is 76.1 Å². The van der Waals surface area contributed by atoms with Crippen molar-refractivity contribution < 1.29 is 9.53 Å². The van der Waals surface area contributed by atoms with E-state index in [1.165, 1.54) is 12.4 Å². The van der Waals surface area contributed by atoms with Gasteiger partial charge in [-0.1, -0.05) is 13.8 Å². The monoisotopic (exact) mass is 314 g/mol. The molecule has 2 rings (SSSR count). The number of carbonyl (C=O) groups is 1. The molecule has 1 aromatic carbocycles. The normalized spacial score (nSPS) is 10.4. The van der Waals surface area contributed by atoms with Crippen LogP contribution in [0.25, 0.3) is 0 Å². The highest BCUT2D eigenvalue weighted by atomic mass is 16.5. The Labute approximate surface area is 136 Å². The van der Waals surface area contributed by atoms with Gasteiger partial charge in [0.1, 0.15) is 5.75 Å². The Morgan fingerprint density at radius 2 is 1.83 bits per heavy atom. The molecule has 0 unspecified atom stereocenters. The van der Waals surface area contributed by atoms with Crippen molar-refractivity contribution in [3.63, 3.8) is 0 Å². The third-order valence-corrected chi connectivity index (χ3v) is 3.27. The molecular weight excluding hydrogens is 292 g/mol. The number of nitrogens with one attached hydrogen (secondary N) is 2. The number of anilines is 2. The van der Waals surface area contributed by atoms with Crippen molar-refractivity contribution >= 4 is 17.5 Å². The number of rotatable bonds is 7. The van der Waals surface area contributed by atoms with Crippen molar-refractivity contribution in [1.82, 2.24) is 15.3 Å². The molecular formula is C17H22N4O2. The van der Waals surface area contributed by atoms with E-state index in [0.29, 0.717) is 24.0 Å². The van der Waals surface area contributed by atoms with Gasteiger partial charge in [-0.2, -0.15) is 0 Å². The lowest BCUT2D eigenvalue weighted by Crippen LogP contribution is -2.25. The summed E-state index contributed by atoms with van der Waals surface area (Å²) in [7, 11) is 1.62. The number of carbonyl (C=O) groups excluding carboxylic acids is 1.